The molecular weight excluding hydrogens is 300 g/mol. The number of hydrogen-bond acceptors (Lipinski definition) is 6. The van der Waals surface area contributed by atoms with E-state index in [1.54, 1.807) is 0 Å². The quantitative estimate of drug-likeness (QED) is 0.631. The number of benzene rings is 2. The first-order valence-electron chi connectivity index (χ1n) is 5.57. The molecule has 0 aliphatic rings. The standard InChI is InChI=1S/C12H8N2O6S/c15-13(16)9-5-7-10(8-6-9)21(19,20)12-4-2-1-3-11(12)14(17)18/h1-8H. The van der Waals surface area contributed by atoms with Gasteiger partial charge in [0.05, 0.1) is 14.7 Å². The van der Waals surface area contributed by atoms with E-state index in [-0.39, 0.29) is 10.6 Å². The van der Waals surface area contributed by atoms with E-state index in [9.17, 15) is 28.6 Å². The van der Waals surface area contributed by atoms with Gasteiger partial charge in [0, 0.05) is 18.2 Å². The molecule has 108 valence electrons. The van der Waals surface area contributed by atoms with Crippen molar-refractivity contribution in [3.05, 3.63) is 68.8 Å². The van der Waals surface area contributed by atoms with Crippen molar-refractivity contribution in [2.75, 3.05) is 0 Å². The molecule has 0 fully saturated rings. The summed E-state index contributed by atoms with van der Waals surface area (Å²) < 4.78 is 24.7. The molecule has 0 amide bonds. The third-order valence-electron chi connectivity index (χ3n) is 2.71. The zero-order valence-electron chi connectivity index (χ0n) is 10.4. The summed E-state index contributed by atoms with van der Waals surface area (Å²) in [7, 11) is -4.12. The van der Waals surface area contributed by atoms with Crippen LogP contribution in [0.2, 0.25) is 0 Å². The molecule has 0 aliphatic carbocycles. The number of hydrogen-bond donors (Lipinski definition) is 0. The topological polar surface area (TPSA) is 120 Å². The van der Waals surface area contributed by atoms with Crippen LogP contribution in [-0.4, -0.2) is 18.3 Å². The summed E-state index contributed by atoms with van der Waals surface area (Å²) in [6.45, 7) is 0. The van der Waals surface area contributed by atoms with Gasteiger partial charge in [0.1, 0.15) is 4.90 Å². The van der Waals surface area contributed by atoms with Gasteiger partial charge in [-0.05, 0) is 18.2 Å². The molecule has 2 aromatic carbocycles. The number of nitro groups is 2. The van der Waals surface area contributed by atoms with Gasteiger partial charge in [-0.25, -0.2) is 8.42 Å². The SMILES string of the molecule is O=[N+]([O-])c1ccc(S(=O)(=O)c2ccccc2[N+](=O)[O-])cc1. The van der Waals surface area contributed by atoms with Crippen molar-refractivity contribution in [3.8, 4) is 0 Å². The Balaban J connectivity index is 2.57. The highest BCUT2D eigenvalue weighted by Crippen LogP contribution is 2.29. The monoisotopic (exact) mass is 308 g/mol. The number of non-ortho nitro benzene ring substituents is 1. The second-order valence-electron chi connectivity index (χ2n) is 3.98. The van der Waals surface area contributed by atoms with Gasteiger partial charge in [-0.1, -0.05) is 12.1 Å². The molecule has 2 aromatic rings. The number of rotatable bonds is 4. The van der Waals surface area contributed by atoms with E-state index in [4.69, 9.17) is 0 Å². The van der Waals surface area contributed by atoms with E-state index in [0.29, 0.717) is 0 Å². The van der Waals surface area contributed by atoms with E-state index in [1.165, 1.54) is 12.1 Å². The second kappa shape index (κ2) is 5.29. The van der Waals surface area contributed by atoms with Crippen LogP contribution in [0.3, 0.4) is 0 Å². The van der Waals surface area contributed by atoms with Crippen LogP contribution >= 0.6 is 0 Å². The van der Waals surface area contributed by atoms with Crippen molar-refractivity contribution in [1.29, 1.82) is 0 Å². The lowest BCUT2D eigenvalue weighted by Gasteiger charge is -2.05. The van der Waals surface area contributed by atoms with Crippen LogP contribution in [0.1, 0.15) is 0 Å². The predicted molar refractivity (Wildman–Crippen MR) is 71.6 cm³/mol. The molecule has 0 saturated heterocycles. The maximum absolute atomic E-state index is 12.4. The number of nitrogens with zero attached hydrogens (tertiary/aromatic N) is 2. The highest BCUT2D eigenvalue weighted by molar-refractivity contribution is 7.91. The molecule has 8 nitrogen and oxygen atoms in total. The fraction of sp³-hybridized carbons (Fsp3) is 0. The van der Waals surface area contributed by atoms with Crippen molar-refractivity contribution in [2.45, 2.75) is 9.79 Å². The molecule has 21 heavy (non-hydrogen) atoms. The van der Waals surface area contributed by atoms with Gasteiger partial charge >= 0.3 is 0 Å². The van der Waals surface area contributed by atoms with Gasteiger partial charge in [0.15, 0.2) is 0 Å². The summed E-state index contributed by atoms with van der Waals surface area (Å²) in [5.41, 5.74) is -0.813. The average Bonchev–Trinajstić information content (AvgIpc) is 2.47. The van der Waals surface area contributed by atoms with Crippen molar-refractivity contribution in [2.24, 2.45) is 0 Å². The van der Waals surface area contributed by atoms with Crippen LogP contribution < -0.4 is 0 Å². The average molecular weight is 308 g/mol. The Morgan fingerprint density at radius 2 is 1.38 bits per heavy atom. The van der Waals surface area contributed by atoms with Gasteiger partial charge < -0.3 is 0 Å². The third kappa shape index (κ3) is 2.72. The molecule has 0 atom stereocenters. The summed E-state index contributed by atoms with van der Waals surface area (Å²) >= 11 is 0. The zero-order valence-corrected chi connectivity index (χ0v) is 11.2. The molecule has 0 saturated carbocycles. The van der Waals surface area contributed by atoms with E-state index >= 15 is 0 Å². The Hall–Kier alpha value is -2.81. The first kappa shape index (κ1) is 14.6. The molecule has 0 aromatic heterocycles. The van der Waals surface area contributed by atoms with Crippen LogP contribution in [0.25, 0.3) is 0 Å². The lowest BCUT2D eigenvalue weighted by molar-refractivity contribution is -0.387. The van der Waals surface area contributed by atoms with Crippen LogP contribution in [-0.2, 0) is 9.84 Å². The smallest absolute Gasteiger partial charge is 0.258 e. The van der Waals surface area contributed by atoms with Gasteiger partial charge in [-0.15, -0.1) is 0 Å². The van der Waals surface area contributed by atoms with E-state index < -0.39 is 30.3 Å². The fourth-order valence-electron chi connectivity index (χ4n) is 1.71. The maximum Gasteiger partial charge on any atom is 0.288 e. The van der Waals surface area contributed by atoms with Gasteiger partial charge in [-0.3, -0.25) is 20.2 Å². The first-order chi connectivity index (χ1) is 9.84. The van der Waals surface area contributed by atoms with Crippen LogP contribution in [0.4, 0.5) is 11.4 Å². The van der Waals surface area contributed by atoms with Gasteiger partial charge in [0.2, 0.25) is 9.84 Å². The molecule has 0 spiro atoms. The number of para-hydroxylation sites is 1. The van der Waals surface area contributed by atoms with Gasteiger partial charge in [-0.2, -0.15) is 0 Å². The largest absolute Gasteiger partial charge is 0.288 e. The first-order valence-corrected chi connectivity index (χ1v) is 7.05. The minimum Gasteiger partial charge on any atom is -0.258 e. The van der Waals surface area contributed by atoms with Crippen molar-refractivity contribution < 1.29 is 18.3 Å². The Morgan fingerprint density at radius 1 is 0.810 bits per heavy atom. The van der Waals surface area contributed by atoms with Crippen LogP contribution in [0, 0.1) is 20.2 Å². The van der Waals surface area contributed by atoms with Crippen LogP contribution in [0.15, 0.2) is 58.3 Å². The number of sulfone groups is 1. The number of nitro benzene ring substituents is 2. The minimum atomic E-state index is -4.12. The summed E-state index contributed by atoms with van der Waals surface area (Å²) in [4.78, 5) is 19.3. The molecule has 2 rings (SSSR count). The Labute approximate surface area is 118 Å². The highest BCUT2D eigenvalue weighted by Gasteiger charge is 2.27. The third-order valence-corrected chi connectivity index (χ3v) is 4.53. The minimum absolute atomic E-state index is 0.248. The van der Waals surface area contributed by atoms with E-state index in [2.05, 4.69) is 0 Å². The van der Waals surface area contributed by atoms with E-state index in [0.717, 1.165) is 36.4 Å². The fourth-order valence-corrected chi connectivity index (χ4v) is 3.13. The van der Waals surface area contributed by atoms with Crippen molar-refractivity contribution >= 4 is 21.2 Å². The van der Waals surface area contributed by atoms with Crippen LogP contribution in [0.5, 0.6) is 0 Å². The van der Waals surface area contributed by atoms with Gasteiger partial charge in [0.25, 0.3) is 11.4 Å². The van der Waals surface area contributed by atoms with E-state index in [1.807, 2.05) is 0 Å². The predicted octanol–water partition coefficient (Wildman–Crippen LogP) is 2.34. The highest BCUT2D eigenvalue weighted by atomic mass is 32.2. The lowest BCUT2D eigenvalue weighted by atomic mass is 10.3. The summed E-state index contributed by atoms with van der Waals surface area (Å²) in [5, 5.41) is 21.4. The molecule has 0 N–H and O–H groups in total. The van der Waals surface area contributed by atoms with Crippen molar-refractivity contribution in [1.82, 2.24) is 0 Å². The summed E-state index contributed by atoms with van der Waals surface area (Å²) in [6.07, 6.45) is 0. The molecule has 0 unspecified atom stereocenters. The Kier molecular flexibility index (Phi) is 3.68. The molecule has 0 aliphatic heterocycles. The molecule has 0 heterocycles. The zero-order chi connectivity index (χ0) is 15.6. The molecule has 9 heteroatoms. The lowest BCUT2D eigenvalue weighted by Crippen LogP contribution is -2.05. The Morgan fingerprint density at radius 3 is 1.90 bits per heavy atom. The molecule has 0 bridgehead atoms. The molecular formula is C12H8N2O6S. The normalized spacial score (nSPS) is 11.0. The molecule has 0 radical (unpaired) electrons. The maximum atomic E-state index is 12.4. The Bertz CT molecular complexity index is 814. The summed E-state index contributed by atoms with van der Waals surface area (Å²) in [5.74, 6) is 0. The van der Waals surface area contributed by atoms with Crippen molar-refractivity contribution in [3.63, 3.8) is 0 Å². The summed E-state index contributed by atoms with van der Waals surface area (Å²) in [6, 6.07) is 9.07. The second-order valence-corrected chi connectivity index (χ2v) is 5.90.